The van der Waals surface area contributed by atoms with Gasteiger partial charge >= 0.3 is 5.97 Å². The minimum Gasteiger partial charge on any atom is -0.461 e. The molecular weight excluding hydrogens is 192 g/mol. The highest BCUT2D eigenvalue weighted by atomic mass is 16.5. The molecule has 0 fully saturated rings. The molecule has 0 aromatic rings. The Labute approximate surface area is 92.3 Å². The summed E-state index contributed by atoms with van der Waals surface area (Å²) in [5, 5.41) is 0. The van der Waals surface area contributed by atoms with Gasteiger partial charge in [0.1, 0.15) is 12.1 Å². The normalized spacial score (nSPS) is 15.1. The van der Waals surface area contributed by atoms with Gasteiger partial charge in [0.25, 0.3) is 0 Å². The molecule has 0 aliphatic rings. The maximum Gasteiger partial charge on any atom is 0.323 e. The van der Waals surface area contributed by atoms with Crippen molar-refractivity contribution in [3.63, 3.8) is 0 Å². The fourth-order valence-electron chi connectivity index (χ4n) is 1.03. The van der Waals surface area contributed by atoms with Crippen LogP contribution in [-0.2, 0) is 9.53 Å². The highest BCUT2D eigenvalue weighted by Gasteiger charge is 2.18. The topological polar surface area (TPSA) is 78.3 Å². The molecule has 15 heavy (non-hydrogen) atoms. The van der Waals surface area contributed by atoms with Gasteiger partial charge in [-0.05, 0) is 32.2 Å². The van der Waals surface area contributed by atoms with E-state index in [2.05, 4.69) is 0 Å². The molecule has 0 saturated heterocycles. The molecule has 0 aromatic carbocycles. The second kappa shape index (κ2) is 7.65. The smallest absolute Gasteiger partial charge is 0.323 e. The minimum absolute atomic E-state index is 0.0712. The van der Waals surface area contributed by atoms with Crippen LogP contribution in [0.5, 0.6) is 0 Å². The molecule has 0 aliphatic carbocycles. The van der Waals surface area contributed by atoms with Crippen molar-refractivity contribution in [1.82, 2.24) is 0 Å². The first-order valence-corrected chi connectivity index (χ1v) is 5.65. The number of nitrogens with two attached hydrogens (primary N) is 2. The molecule has 0 saturated carbocycles. The van der Waals surface area contributed by atoms with E-state index in [0.29, 0.717) is 18.9 Å². The predicted molar refractivity (Wildman–Crippen MR) is 61.3 cm³/mol. The third-order valence-electron chi connectivity index (χ3n) is 2.51. The van der Waals surface area contributed by atoms with Gasteiger partial charge < -0.3 is 16.2 Å². The quantitative estimate of drug-likeness (QED) is 0.492. The Hall–Kier alpha value is -0.610. The Kier molecular flexibility index (Phi) is 7.34. The average molecular weight is 216 g/mol. The van der Waals surface area contributed by atoms with Gasteiger partial charge in [0.05, 0.1) is 0 Å². The van der Waals surface area contributed by atoms with E-state index in [1.54, 1.807) is 0 Å². The van der Waals surface area contributed by atoms with Crippen molar-refractivity contribution in [3.8, 4) is 0 Å². The van der Waals surface area contributed by atoms with E-state index in [-0.39, 0.29) is 12.1 Å². The molecule has 0 heterocycles. The van der Waals surface area contributed by atoms with Crippen LogP contribution in [0.2, 0.25) is 0 Å². The van der Waals surface area contributed by atoms with Crippen molar-refractivity contribution < 1.29 is 9.53 Å². The van der Waals surface area contributed by atoms with E-state index in [1.807, 2.05) is 20.8 Å². The average Bonchev–Trinajstić information content (AvgIpc) is 2.17. The van der Waals surface area contributed by atoms with Gasteiger partial charge in [-0.25, -0.2) is 0 Å². The fourth-order valence-corrected chi connectivity index (χ4v) is 1.03. The molecule has 4 heteroatoms. The number of carbonyl (C=O) groups is 1. The van der Waals surface area contributed by atoms with Crippen LogP contribution < -0.4 is 11.5 Å². The molecule has 2 atom stereocenters. The summed E-state index contributed by atoms with van der Waals surface area (Å²) in [4.78, 5) is 11.5. The first-order chi connectivity index (χ1) is 6.99. The molecule has 0 radical (unpaired) electrons. The zero-order chi connectivity index (χ0) is 11.8. The van der Waals surface area contributed by atoms with E-state index in [1.165, 1.54) is 0 Å². The maximum absolute atomic E-state index is 11.5. The summed E-state index contributed by atoms with van der Waals surface area (Å²) in [5.74, 6) is 0.0263. The van der Waals surface area contributed by atoms with Gasteiger partial charge in [-0.1, -0.05) is 20.3 Å². The van der Waals surface area contributed by atoms with Crippen LogP contribution in [0, 0.1) is 5.92 Å². The van der Waals surface area contributed by atoms with E-state index in [4.69, 9.17) is 16.2 Å². The molecule has 0 spiro atoms. The summed E-state index contributed by atoms with van der Waals surface area (Å²) < 4.78 is 5.21. The summed E-state index contributed by atoms with van der Waals surface area (Å²) >= 11 is 0. The van der Waals surface area contributed by atoms with Crippen molar-refractivity contribution in [1.29, 1.82) is 0 Å². The number of esters is 1. The third kappa shape index (κ3) is 6.47. The maximum atomic E-state index is 11.5. The predicted octanol–water partition coefficient (Wildman–Crippen LogP) is 1.03. The van der Waals surface area contributed by atoms with Crippen LogP contribution in [0.1, 0.15) is 40.0 Å². The summed E-state index contributed by atoms with van der Waals surface area (Å²) in [6, 6.07) is -0.502. The summed E-state index contributed by atoms with van der Waals surface area (Å²) in [7, 11) is 0. The number of rotatable bonds is 7. The van der Waals surface area contributed by atoms with Crippen LogP contribution in [0.4, 0.5) is 0 Å². The lowest BCUT2D eigenvalue weighted by Crippen LogP contribution is -2.35. The number of hydrogen-bond donors (Lipinski definition) is 2. The standard InChI is InChI=1S/C11H24N2O2/c1-8(2)9(3)15-11(14)10(13)6-4-5-7-12/h8-10H,4-7,12-13H2,1-3H3. The summed E-state index contributed by atoms with van der Waals surface area (Å²) in [5.41, 5.74) is 11.0. The second-order valence-corrected chi connectivity index (χ2v) is 4.28. The Balaban J connectivity index is 3.78. The number of unbranched alkanes of at least 4 members (excludes halogenated alkanes) is 1. The summed E-state index contributed by atoms with van der Waals surface area (Å²) in [6.07, 6.45) is 2.36. The molecule has 4 nitrogen and oxygen atoms in total. The van der Waals surface area contributed by atoms with Gasteiger partial charge in [0.15, 0.2) is 0 Å². The first kappa shape index (κ1) is 14.4. The zero-order valence-corrected chi connectivity index (χ0v) is 10.0. The molecule has 4 N–H and O–H groups in total. The molecule has 0 bridgehead atoms. The lowest BCUT2D eigenvalue weighted by atomic mass is 10.1. The van der Waals surface area contributed by atoms with Gasteiger partial charge in [0, 0.05) is 0 Å². The number of hydrogen-bond acceptors (Lipinski definition) is 4. The first-order valence-electron chi connectivity index (χ1n) is 5.65. The fraction of sp³-hybridized carbons (Fsp3) is 0.909. The van der Waals surface area contributed by atoms with Crippen LogP contribution in [-0.4, -0.2) is 24.7 Å². The Morgan fingerprint density at radius 2 is 1.87 bits per heavy atom. The van der Waals surface area contributed by atoms with Gasteiger partial charge in [0.2, 0.25) is 0 Å². The SMILES string of the molecule is CC(C)C(C)OC(=O)C(N)CCCCN. The van der Waals surface area contributed by atoms with Crippen molar-refractivity contribution in [3.05, 3.63) is 0 Å². The monoisotopic (exact) mass is 216 g/mol. The molecule has 0 aromatic heterocycles. The van der Waals surface area contributed by atoms with Crippen molar-refractivity contribution >= 4 is 5.97 Å². The largest absolute Gasteiger partial charge is 0.461 e. The van der Waals surface area contributed by atoms with Crippen molar-refractivity contribution in [2.45, 2.75) is 52.2 Å². The van der Waals surface area contributed by atoms with Gasteiger partial charge in [-0.2, -0.15) is 0 Å². The van der Waals surface area contributed by atoms with Crippen LogP contribution in [0.3, 0.4) is 0 Å². The van der Waals surface area contributed by atoms with E-state index >= 15 is 0 Å². The van der Waals surface area contributed by atoms with Crippen LogP contribution in [0.15, 0.2) is 0 Å². The molecule has 0 rings (SSSR count). The van der Waals surface area contributed by atoms with Gasteiger partial charge in [-0.15, -0.1) is 0 Å². The zero-order valence-electron chi connectivity index (χ0n) is 10.0. The number of ether oxygens (including phenoxy) is 1. The molecule has 2 unspecified atom stereocenters. The molecule has 0 aliphatic heterocycles. The van der Waals surface area contributed by atoms with E-state index in [0.717, 1.165) is 12.8 Å². The Morgan fingerprint density at radius 3 is 2.33 bits per heavy atom. The third-order valence-corrected chi connectivity index (χ3v) is 2.51. The lowest BCUT2D eigenvalue weighted by molar-refractivity contribution is -0.152. The Morgan fingerprint density at radius 1 is 1.27 bits per heavy atom. The van der Waals surface area contributed by atoms with E-state index < -0.39 is 6.04 Å². The molecular formula is C11H24N2O2. The minimum atomic E-state index is -0.502. The molecule has 0 amide bonds. The van der Waals surface area contributed by atoms with Crippen molar-refractivity contribution in [2.24, 2.45) is 17.4 Å². The molecule has 90 valence electrons. The number of carbonyl (C=O) groups excluding carboxylic acids is 1. The Bertz CT molecular complexity index is 183. The van der Waals surface area contributed by atoms with E-state index in [9.17, 15) is 4.79 Å². The summed E-state index contributed by atoms with van der Waals surface area (Å²) in [6.45, 7) is 6.55. The highest BCUT2D eigenvalue weighted by molar-refractivity contribution is 5.75. The lowest BCUT2D eigenvalue weighted by Gasteiger charge is -2.19. The highest BCUT2D eigenvalue weighted by Crippen LogP contribution is 2.08. The van der Waals surface area contributed by atoms with Crippen molar-refractivity contribution in [2.75, 3.05) is 6.54 Å². The second-order valence-electron chi connectivity index (χ2n) is 4.28. The van der Waals surface area contributed by atoms with Crippen LogP contribution >= 0.6 is 0 Å². The van der Waals surface area contributed by atoms with Gasteiger partial charge in [-0.3, -0.25) is 4.79 Å². The van der Waals surface area contributed by atoms with Crippen LogP contribution in [0.25, 0.3) is 0 Å².